The van der Waals surface area contributed by atoms with Gasteiger partial charge in [0.25, 0.3) is 0 Å². The summed E-state index contributed by atoms with van der Waals surface area (Å²) in [5.74, 6) is -0.822. The van der Waals surface area contributed by atoms with E-state index in [1.165, 1.54) is 25.6 Å². The van der Waals surface area contributed by atoms with E-state index < -0.39 is 5.97 Å². The molecule has 0 radical (unpaired) electrons. The molecule has 0 saturated carbocycles. The van der Waals surface area contributed by atoms with E-state index in [4.69, 9.17) is 15.1 Å². The van der Waals surface area contributed by atoms with Crippen molar-refractivity contribution in [3.8, 4) is 11.8 Å². The predicted octanol–water partition coefficient (Wildman–Crippen LogP) is 2.40. The van der Waals surface area contributed by atoms with Crippen molar-refractivity contribution in [2.45, 2.75) is 0 Å². The van der Waals surface area contributed by atoms with Gasteiger partial charge in [-0.1, -0.05) is 0 Å². The molecule has 0 aliphatic rings. The first-order chi connectivity index (χ1) is 9.65. The van der Waals surface area contributed by atoms with Gasteiger partial charge in [0.1, 0.15) is 17.4 Å². The summed E-state index contributed by atoms with van der Waals surface area (Å²) in [5, 5.41) is 21.0. The van der Waals surface area contributed by atoms with E-state index in [2.05, 4.69) is 10.3 Å². The van der Waals surface area contributed by atoms with Gasteiger partial charge >= 0.3 is 5.97 Å². The van der Waals surface area contributed by atoms with Gasteiger partial charge in [-0.25, -0.2) is 4.79 Å². The maximum atomic E-state index is 11.0. The maximum absolute atomic E-state index is 11.0. The second-order valence-corrected chi connectivity index (χ2v) is 3.88. The minimum atomic E-state index is -1.06. The van der Waals surface area contributed by atoms with E-state index in [-0.39, 0.29) is 11.3 Å². The fourth-order valence-electron chi connectivity index (χ4n) is 1.69. The number of ether oxygens (including phenoxy) is 1. The summed E-state index contributed by atoms with van der Waals surface area (Å²) in [6.45, 7) is 0. The third-order valence-corrected chi connectivity index (χ3v) is 2.65. The van der Waals surface area contributed by atoms with Crippen molar-refractivity contribution in [3.63, 3.8) is 0 Å². The lowest BCUT2D eigenvalue weighted by molar-refractivity contribution is 0.0693. The van der Waals surface area contributed by atoms with Gasteiger partial charge in [0.05, 0.1) is 24.6 Å². The maximum Gasteiger partial charge on any atom is 0.339 e. The number of carboxylic acid groups (broad SMARTS) is 1. The monoisotopic (exact) mass is 269 g/mol. The molecular formula is C14H11N3O3. The van der Waals surface area contributed by atoms with Crippen LogP contribution in [0, 0.1) is 11.3 Å². The zero-order valence-electron chi connectivity index (χ0n) is 10.6. The number of hydrogen-bond donors (Lipinski definition) is 2. The molecule has 0 unspecified atom stereocenters. The molecule has 20 heavy (non-hydrogen) atoms. The molecule has 0 atom stereocenters. The number of methoxy groups -OCH3 is 1. The third kappa shape index (κ3) is 2.67. The zero-order chi connectivity index (χ0) is 14.5. The molecule has 6 nitrogen and oxygen atoms in total. The minimum absolute atomic E-state index is 0.0738. The van der Waals surface area contributed by atoms with Crippen LogP contribution in [-0.4, -0.2) is 23.2 Å². The second kappa shape index (κ2) is 5.71. The largest absolute Gasteiger partial charge is 0.496 e. The van der Waals surface area contributed by atoms with Gasteiger partial charge in [0, 0.05) is 18.0 Å². The number of benzene rings is 1. The first kappa shape index (κ1) is 13.4. The van der Waals surface area contributed by atoms with Crippen LogP contribution in [0.3, 0.4) is 0 Å². The first-order valence-corrected chi connectivity index (χ1v) is 5.68. The molecule has 2 rings (SSSR count). The van der Waals surface area contributed by atoms with Crippen LogP contribution in [-0.2, 0) is 0 Å². The van der Waals surface area contributed by atoms with E-state index >= 15 is 0 Å². The molecule has 1 aromatic carbocycles. The Labute approximate surface area is 115 Å². The smallest absolute Gasteiger partial charge is 0.339 e. The number of hydrogen-bond acceptors (Lipinski definition) is 5. The Hall–Kier alpha value is -3.07. The molecule has 0 bridgehead atoms. The van der Waals surface area contributed by atoms with Crippen LogP contribution in [0.2, 0.25) is 0 Å². The van der Waals surface area contributed by atoms with E-state index in [0.717, 1.165) is 0 Å². The highest BCUT2D eigenvalue weighted by Gasteiger charge is 2.11. The van der Waals surface area contributed by atoms with Crippen molar-refractivity contribution in [1.82, 2.24) is 4.98 Å². The highest BCUT2D eigenvalue weighted by molar-refractivity contribution is 5.91. The molecule has 0 fully saturated rings. The Bertz CT molecular complexity index is 692. The van der Waals surface area contributed by atoms with Gasteiger partial charge in [-0.05, 0) is 18.2 Å². The molecule has 6 heteroatoms. The highest BCUT2D eigenvalue weighted by Crippen LogP contribution is 2.26. The third-order valence-electron chi connectivity index (χ3n) is 2.65. The van der Waals surface area contributed by atoms with Crippen molar-refractivity contribution < 1.29 is 14.6 Å². The topological polar surface area (TPSA) is 95.2 Å². The fraction of sp³-hybridized carbons (Fsp3) is 0.0714. The van der Waals surface area contributed by atoms with Crippen molar-refractivity contribution in [1.29, 1.82) is 5.26 Å². The van der Waals surface area contributed by atoms with E-state index in [1.54, 1.807) is 18.2 Å². The summed E-state index contributed by atoms with van der Waals surface area (Å²) in [5.41, 5.74) is 1.67. The first-order valence-electron chi connectivity index (χ1n) is 5.68. The van der Waals surface area contributed by atoms with Gasteiger partial charge in [-0.3, -0.25) is 4.98 Å². The van der Waals surface area contributed by atoms with Gasteiger partial charge in [-0.15, -0.1) is 0 Å². The Kier molecular flexibility index (Phi) is 3.82. The molecule has 0 amide bonds. The Morgan fingerprint density at radius 1 is 1.45 bits per heavy atom. The summed E-state index contributed by atoms with van der Waals surface area (Å²) in [6, 6.07) is 8.22. The minimum Gasteiger partial charge on any atom is -0.496 e. The van der Waals surface area contributed by atoms with E-state index in [0.29, 0.717) is 16.9 Å². The van der Waals surface area contributed by atoms with Crippen molar-refractivity contribution in [2.75, 3.05) is 12.4 Å². The number of anilines is 2. The van der Waals surface area contributed by atoms with Gasteiger partial charge in [-0.2, -0.15) is 5.26 Å². The summed E-state index contributed by atoms with van der Waals surface area (Å²) in [4.78, 5) is 14.9. The summed E-state index contributed by atoms with van der Waals surface area (Å²) >= 11 is 0. The summed E-state index contributed by atoms with van der Waals surface area (Å²) in [7, 11) is 1.40. The fourth-order valence-corrected chi connectivity index (χ4v) is 1.69. The summed E-state index contributed by atoms with van der Waals surface area (Å²) < 4.78 is 5.04. The zero-order valence-corrected chi connectivity index (χ0v) is 10.6. The van der Waals surface area contributed by atoms with Crippen molar-refractivity contribution in [2.24, 2.45) is 0 Å². The number of rotatable bonds is 4. The van der Waals surface area contributed by atoms with Crippen LogP contribution < -0.4 is 10.1 Å². The van der Waals surface area contributed by atoms with Crippen LogP contribution in [0.5, 0.6) is 5.75 Å². The van der Waals surface area contributed by atoms with Crippen LogP contribution in [0.1, 0.15) is 15.9 Å². The Morgan fingerprint density at radius 3 is 2.90 bits per heavy atom. The number of pyridine rings is 1. The van der Waals surface area contributed by atoms with Crippen LogP contribution in [0.4, 0.5) is 11.4 Å². The number of aromatic nitrogens is 1. The average molecular weight is 269 g/mol. The quantitative estimate of drug-likeness (QED) is 0.884. The number of carbonyl (C=O) groups is 1. The second-order valence-electron chi connectivity index (χ2n) is 3.88. The van der Waals surface area contributed by atoms with Crippen LogP contribution in [0.15, 0.2) is 36.7 Å². The number of nitriles is 1. The normalized spacial score (nSPS) is 9.60. The highest BCUT2D eigenvalue weighted by atomic mass is 16.5. The Morgan fingerprint density at radius 2 is 2.25 bits per heavy atom. The van der Waals surface area contributed by atoms with Crippen molar-refractivity contribution >= 4 is 17.3 Å². The molecule has 1 aromatic heterocycles. The lowest BCUT2D eigenvalue weighted by atomic mass is 10.1. The number of aromatic carboxylic acids is 1. The number of carboxylic acids is 1. The van der Waals surface area contributed by atoms with Crippen molar-refractivity contribution in [3.05, 3.63) is 47.8 Å². The molecule has 2 N–H and O–H groups in total. The van der Waals surface area contributed by atoms with Gasteiger partial charge in [0.2, 0.25) is 0 Å². The molecule has 2 aromatic rings. The molecular weight excluding hydrogens is 258 g/mol. The lowest BCUT2D eigenvalue weighted by Gasteiger charge is -2.10. The number of nitrogens with one attached hydrogen (secondary N) is 1. The average Bonchev–Trinajstić information content (AvgIpc) is 2.47. The van der Waals surface area contributed by atoms with Gasteiger partial charge in [0.15, 0.2) is 0 Å². The SMILES string of the molecule is COc1cc(Nc2cnccc2C#N)ccc1C(=O)O. The van der Waals surface area contributed by atoms with Crippen LogP contribution >= 0.6 is 0 Å². The lowest BCUT2D eigenvalue weighted by Crippen LogP contribution is -2.02. The summed E-state index contributed by atoms with van der Waals surface area (Å²) in [6.07, 6.45) is 3.05. The standard InChI is InChI=1S/C14H11N3O3/c1-20-13-6-10(2-3-11(13)14(18)19)17-12-8-16-5-4-9(12)7-15/h2-6,8,17H,1H3,(H,18,19). The number of nitrogens with zero attached hydrogens (tertiary/aromatic N) is 2. The molecule has 0 aliphatic heterocycles. The molecule has 100 valence electrons. The predicted molar refractivity (Wildman–Crippen MR) is 72.2 cm³/mol. The Balaban J connectivity index is 2.35. The molecule has 0 spiro atoms. The molecule has 1 heterocycles. The van der Waals surface area contributed by atoms with E-state index in [1.807, 2.05) is 6.07 Å². The van der Waals surface area contributed by atoms with E-state index in [9.17, 15) is 4.79 Å². The van der Waals surface area contributed by atoms with Gasteiger partial charge < -0.3 is 15.2 Å². The van der Waals surface area contributed by atoms with Crippen LogP contribution in [0.25, 0.3) is 0 Å². The molecule has 0 aliphatic carbocycles. The molecule has 0 saturated heterocycles.